The quantitative estimate of drug-likeness (QED) is 0.829. The van der Waals surface area contributed by atoms with Crippen LogP contribution in [0.5, 0.6) is 5.75 Å². The fourth-order valence-corrected chi connectivity index (χ4v) is 1.50. The van der Waals surface area contributed by atoms with Gasteiger partial charge in [0, 0.05) is 10.6 Å². The molecule has 18 heavy (non-hydrogen) atoms. The van der Waals surface area contributed by atoms with Crippen LogP contribution in [0.3, 0.4) is 0 Å². The van der Waals surface area contributed by atoms with Crippen LogP contribution < -0.4 is 5.73 Å². The van der Waals surface area contributed by atoms with Gasteiger partial charge in [-0.2, -0.15) is 8.78 Å². The van der Waals surface area contributed by atoms with Crippen molar-refractivity contribution < 1.29 is 23.4 Å². The maximum Gasteiger partial charge on any atom is 0.379 e. The minimum Gasteiger partial charge on any atom is -0.508 e. The van der Waals surface area contributed by atoms with E-state index in [1.54, 1.807) is 0 Å². The normalized spacial score (nSPS) is 13.2. The van der Waals surface area contributed by atoms with Crippen molar-refractivity contribution in [3.8, 4) is 5.75 Å². The Hall–Kier alpha value is -1.40. The lowest BCUT2D eigenvalue weighted by Gasteiger charge is -2.22. The minimum atomic E-state index is -3.95. The van der Waals surface area contributed by atoms with Crippen LogP contribution in [-0.4, -0.2) is 23.6 Å². The van der Waals surface area contributed by atoms with Gasteiger partial charge < -0.3 is 15.6 Å². The van der Waals surface area contributed by atoms with Gasteiger partial charge in [0.2, 0.25) is 0 Å². The van der Waals surface area contributed by atoms with E-state index in [0.717, 1.165) is 12.1 Å². The summed E-state index contributed by atoms with van der Waals surface area (Å²) in [6, 6.07) is 1.48. The highest BCUT2D eigenvalue weighted by Crippen LogP contribution is 2.36. The molecule has 0 fully saturated rings. The molecule has 1 aromatic rings. The molecule has 0 amide bonds. The molecule has 0 radical (unpaired) electrons. The highest BCUT2D eigenvalue weighted by Gasteiger charge is 2.48. The monoisotopic (exact) mass is 279 g/mol. The molecule has 0 spiro atoms. The van der Waals surface area contributed by atoms with Crippen molar-refractivity contribution in [2.45, 2.75) is 18.9 Å². The average Bonchev–Trinajstić information content (AvgIpc) is 2.31. The minimum absolute atomic E-state index is 0.123. The lowest BCUT2D eigenvalue weighted by atomic mass is 10.0. The highest BCUT2D eigenvalue weighted by atomic mass is 35.5. The first kappa shape index (κ1) is 14.7. The van der Waals surface area contributed by atoms with E-state index in [0.29, 0.717) is 0 Å². The molecule has 1 aromatic carbocycles. The first-order valence-corrected chi connectivity index (χ1v) is 5.47. The Morgan fingerprint density at radius 3 is 2.78 bits per heavy atom. The molecular weight excluding hydrogens is 268 g/mol. The van der Waals surface area contributed by atoms with Gasteiger partial charge in [-0.3, -0.25) is 0 Å². The van der Waals surface area contributed by atoms with E-state index in [2.05, 4.69) is 4.74 Å². The number of phenolic OH excluding ortho intramolecular Hbond substituents is 1. The zero-order valence-electron chi connectivity index (χ0n) is 9.49. The van der Waals surface area contributed by atoms with Crippen LogP contribution in [0.15, 0.2) is 18.2 Å². The lowest BCUT2D eigenvalue weighted by Crippen LogP contribution is -2.41. The number of phenols is 1. The molecule has 0 aliphatic rings. The molecule has 0 saturated heterocycles. The molecule has 0 aliphatic carbocycles. The number of hydrogen-bond donors (Lipinski definition) is 2. The number of carbonyl (C=O) groups is 1. The predicted octanol–water partition coefficient (Wildman–Crippen LogP) is 2.24. The third kappa shape index (κ3) is 2.88. The molecule has 100 valence electrons. The van der Waals surface area contributed by atoms with Gasteiger partial charge in [0.25, 0.3) is 0 Å². The molecule has 0 saturated carbocycles. The zero-order valence-corrected chi connectivity index (χ0v) is 10.2. The summed E-state index contributed by atoms with van der Waals surface area (Å²) in [5, 5.41) is 9.58. The van der Waals surface area contributed by atoms with Crippen LogP contribution >= 0.6 is 11.6 Å². The van der Waals surface area contributed by atoms with Crippen molar-refractivity contribution in [2.75, 3.05) is 6.61 Å². The molecule has 7 heteroatoms. The number of hydrogen-bond acceptors (Lipinski definition) is 4. The van der Waals surface area contributed by atoms with Gasteiger partial charge >= 0.3 is 11.9 Å². The van der Waals surface area contributed by atoms with E-state index >= 15 is 0 Å². The Labute approximate surface area is 107 Å². The van der Waals surface area contributed by atoms with Crippen molar-refractivity contribution in [2.24, 2.45) is 5.73 Å². The topological polar surface area (TPSA) is 72.5 Å². The fraction of sp³-hybridized carbons (Fsp3) is 0.364. The SMILES string of the molecule is CCOC(=O)C(F)(F)[C@@H](N)c1cc(Cl)ccc1O. The smallest absolute Gasteiger partial charge is 0.379 e. The summed E-state index contributed by atoms with van der Waals surface area (Å²) < 4.78 is 31.5. The second-order valence-corrected chi connectivity index (χ2v) is 3.96. The third-order valence-corrected chi connectivity index (χ3v) is 2.50. The first-order valence-electron chi connectivity index (χ1n) is 5.09. The Kier molecular flexibility index (Phi) is 4.48. The fourth-order valence-electron chi connectivity index (χ4n) is 1.32. The Balaban J connectivity index is 3.08. The number of alkyl halides is 2. The van der Waals surface area contributed by atoms with Crippen molar-refractivity contribution in [3.05, 3.63) is 28.8 Å². The number of carbonyl (C=O) groups excluding carboxylic acids is 1. The maximum atomic E-state index is 13.6. The van der Waals surface area contributed by atoms with Crippen LogP contribution in [0.2, 0.25) is 5.02 Å². The summed E-state index contributed by atoms with van der Waals surface area (Å²) in [4.78, 5) is 11.1. The van der Waals surface area contributed by atoms with Gasteiger partial charge in [-0.05, 0) is 25.1 Å². The molecule has 4 nitrogen and oxygen atoms in total. The van der Waals surface area contributed by atoms with Gasteiger partial charge in [0.15, 0.2) is 0 Å². The molecule has 1 atom stereocenters. The van der Waals surface area contributed by atoms with Crippen molar-refractivity contribution in [3.63, 3.8) is 0 Å². The standard InChI is InChI=1S/C11H12ClF2NO3/c1-2-18-10(17)11(13,14)9(15)7-5-6(12)3-4-8(7)16/h3-5,9,16H,2,15H2,1H3/t9-/m0/s1. The Morgan fingerprint density at radius 1 is 1.61 bits per heavy atom. The van der Waals surface area contributed by atoms with Crippen molar-refractivity contribution in [1.29, 1.82) is 0 Å². The molecule has 0 aromatic heterocycles. The van der Waals surface area contributed by atoms with E-state index < -0.39 is 23.7 Å². The number of ether oxygens (including phenoxy) is 1. The number of benzene rings is 1. The second-order valence-electron chi connectivity index (χ2n) is 3.52. The van der Waals surface area contributed by atoms with Gasteiger partial charge in [0.1, 0.15) is 11.8 Å². The first-order chi connectivity index (χ1) is 8.30. The van der Waals surface area contributed by atoms with Crippen LogP contribution in [0, 0.1) is 0 Å². The lowest BCUT2D eigenvalue weighted by molar-refractivity contribution is -0.174. The van der Waals surface area contributed by atoms with Crippen LogP contribution in [0.4, 0.5) is 8.78 Å². The molecule has 0 bridgehead atoms. The zero-order chi connectivity index (χ0) is 13.9. The number of aromatic hydroxyl groups is 1. The summed E-state index contributed by atoms with van der Waals surface area (Å²) in [6.45, 7) is 1.21. The molecular formula is C11H12ClF2NO3. The molecule has 0 heterocycles. The van der Waals surface area contributed by atoms with Crippen molar-refractivity contribution >= 4 is 17.6 Å². The maximum absolute atomic E-state index is 13.6. The highest BCUT2D eigenvalue weighted by molar-refractivity contribution is 6.30. The summed E-state index contributed by atoms with van der Waals surface area (Å²) >= 11 is 5.62. The summed E-state index contributed by atoms with van der Waals surface area (Å²) in [6.07, 6.45) is 0. The molecule has 0 aliphatic heterocycles. The van der Waals surface area contributed by atoms with Gasteiger partial charge in [0.05, 0.1) is 6.61 Å². The molecule has 0 unspecified atom stereocenters. The number of halogens is 3. The second kappa shape index (κ2) is 5.49. The van der Waals surface area contributed by atoms with Crippen LogP contribution in [0.1, 0.15) is 18.5 Å². The summed E-state index contributed by atoms with van der Waals surface area (Å²) in [5.41, 5.74) is 4.99. The molecule has 1 rings (SSSR count). The largest absolute Gasteiger partial charge is 0.508 e. The Morgan fingerprint density at radius 2 is 2.22 bits per heavy atom. The van der Waals surface area contributed by atoms with Crippen LogP contribution in [-0.2, 0) is 9.53 Å². The van der Waals surface area contributed by atoms with Gasteiger partial charge in [-0.25, -0.2) is 4.79 Å². The summed E-state index contributed by atoms with van der Waals surface area (Å²) in [5.74, 6) is -6.15. The van der Waals surface area contributed by atoms with E-state index in [9.17, 15) is 18.7 Å². The number of nitrogens with two attached hydrogens (primary N) is 1. The molecule has 3 N–H and O–H groups in total. The van der Waals surface area contributed by atoms with Gasteiger partial charge in [-0.1, -0.05) is 11.6 Å². The average molecular weight is 280 g/mol. The van der Waals surface area contributed by atoms with Crippen molar-refractivity contribution in [1.82, 2.24) is 0 Å². The van der Waals surface area contributed by atoms with Gasteiger partial charge in [-0.15, -0.1) is 0 Å². The van der Waals surface area contributed by atoms with E-state index in [1.807, 2.05) is 0 Å². The predicted molar refractivity (Wildman–Crippen MR) is 61.6 cm³/mol. The van der Waals surface area contributed by atoms with E-state index in [-0.39, 0.29) is 17.2 Å². The van der Waals surface area contributed by atoms with E-state index in [4.69, 9.17) is 17.3 Å². The third-order valence-electron chi connectivity index (χ3n) is 2.26. The summed E-state index contributed by atoms with van der Waals surface area (Å²) in [7, 11) is 0. The number of rotatable bonds is 4. The van der Waals surface area contributed by atoms with Crippen LogP contribution in [0.25, 0.3) is 0 Å². The van der Waals surface area contributed by atoms with E-state index in [1.165, 1.54) is 13.0 Å². The number of esters is 1. The Bertz CT molecular complexity index is 454.